The maximum Gasteiger partial charge on any atom is 0.227 e. The van der Waals surface area contributed by atoms with Crippen LogP contribution in [0.2, 0.25) is 5.02 Å². The molecule has 22 heavy (non-hydrogen) atoms. The normalized spacial score (nSPS) is 16.5. The highest BCUT2D eigenvalue weighted by Gasteiger charge is 2.26. The van der Waals surface area contributed by atoms with Crippen LogP contribution >= 0.6 is 11.6 Å². The molecule has 3 rings (SSSR count). The first kappa shape index (κ1) is 15.5. The van der Waals surface area contributed by atoms with E-state index in [4.69, 9.17) is 21.1 Å². The van der Waals surface area contributed by atoms with E-state index in [1.807, 2.05) is 17.0 Å². The number of hydrogen-bond acceptors (Lipinski definition) is 3. The molecule has 1 saturated carbocycles. The van der Waals surface area contributed by atoms with E-state index in [1.54, 1.807) is 0 Å². The predicted octanol–water partition coefficient (Wildman–Crippen LogP) is 3.30. The van der Waals surface area contributed by atoms with Gasteiger partial charge in [0.15, 0.2) is 11.5 Å². The quantitative estimate of drug-likeness (QED) is 0.806. The summed E-state index contributed by atoms with van der Waals surface area (Å²) in [5.41, 5.74) is 0.885. The van der Waals surface area contributed by atoms with Crippen LogP contribution in [-0.4, -0.2) is 37.1 Å². The Labute approximate surface area is 136 Å². The molecule has 0 unspecified atom stereocenters. The van der Waals surface area contributed by atoms with Gasteiger partial charge in [0.2, 0.25) is 5.91 Å². The van der Waals surface area contributed by atoms with E-state index >= 15 is 0 Å². The van der Waals surface area contributed by atoms with Crippen molar-refractivity contribution in [1.82, 2.24) is 4.90 Å². The summed E-state index contributed by atoms with van der Waals surface area (Å²) < 4.78 is 11.1. The van der Waals surface area contributed by atoms with Crippen molar-refractivity contribution in [3.05, 3.63) is 22.7 Å². The summed E-state index contributed by atoms with van der Waals surface area (Å²) in [5, 5.41) is 0.518. The number of nitrogens with zero attached hydrogens (tertiary/aromatic N) is 1. The molecule has 0 spiro atoms. The Bertz CT molecular complexity index is 557. The lowest BCUT2D eigenvalue weighted by atomic mass is 10.1. The predicted molar refractivity (Wildman–Crippen MR) is 85.7 cm³/mol. The molecular weight excluding hydrogens is 302 g/mol. The Kier molecular flexibility index (Phi) is 4.77. The first-order valence-corrected chi connectivity index (χ1v) is 8.41. The van der Waals surface area contributed by atoms with Gasteiger partial charge in [0, 0.05) is 13.1 Å². The minimum absolute atomic E-state index is 0.168. The third-order valence-electron chi connectivity index (χ3n) is 4.03. The number of carbonyl (C=O) groups is 1. The van der Waals surface area contributed by atoms with Crippen LogP contribution in [0.25, 0.3) is 0 Å². The molecule has 1 amide bonds. The fraction of sp³-hybridized carbons (Fsp3) is 0.588. The minimum atomic E-state index is 0.168. The molecule has 1 fully saturated rings. The van der Waals surface area contributed by atoms with Crippen LogP contribution in [0.15, 0.2) is 12.1 Å². The van der Waals surface area contributed by atoms with E-state index in [2.05, 4.69) is 6.92 Å². The molecule has 0 bridgehead atoms. The van der Waals surface area contributed by atoms with Gasteiger partial charge >= 0.3 is 0 Å². The molecule has 0 radical (unpaired) electrons. The van der Waals surface area contributed by atoms with Gasteiger partial charge in [0.25, 0.3) is 0 Å². The van der Waals surface area contributed by atoms with Crippen LogP contribution < -0.4 is 9.47 Å². The van der Waals surface area contributed by atoms with Gasteiger partial charge in [0.05, 0.1) is 11.4 Å². The minimum Gasteiger partial charge on any atom is -0.486 e. The van der Waals surface area contributed by atoms with E-state index in [9.17, 15) is 4.79 Å². The van der Waals surface area contributed by atoms with Crippen molar-refractivity contribution in [3.63, 3.8) is 0 Å². The highest BCUT2D eigenvalue weighted by atomic mass is 35.5. The Morgan fingerprint density at radius 1 is 1.32 bits per heavy atom. The second-order valence-corrected chi connectivity index (χ2v) is 6.47. The molecule has 4 nitrogen and oxygen atoms in total. The Hall–Kier alpha value is -1.42. The molecule has 1 aliphatic carbocycles. The molecule has 0 atom stereocenters. The summed E-state index contributed by atoms with van der Waals surface area (Å²) in [7, 11) is 0. The fourth-order valence-corrected chi connectivity index (χ4v) is 3.04. The van der Waals surface area contributed by atoms with E-state index < -0.39 is 0 Å². The summed E-state index contributed by atoms with van der Waals surface area (Å²) >= 11 is 6.24. The van der Waals surface area contributed by atoms with Gasteiger partial charge < -0.3 is 14.4 Å². The molecule has 0 aromatic heterocycles. The number of hydrogen-bond donors (Lipinski definition) is 0. The van der Waals surface area contributed by atoms with Crippen LogP contribution in [0.4, 0.5) is 0 Å². The van der Waals surface area contributed by atoms with Gasteiger partial charge in [-0.25, -0.2) is 0 Å². The molecule has 1 heterocycles. The van der Waals surface area contributed by atoms with Crippen molar-refractivity contribution < 1.29 is 14.3 Å². The van der Waals surface area contributed by atoms with Gasteiger partial charge in [0.1, 0.15) is 13.2 Å². The van der Waals surface area contributed by atoms with Crippen molar-refractivity contribution in [2.75, 3.05) is 26.3 Å². The fourth-order valence-electron chi connectivity index (χ4n) is 2.75. The monoisotopic (exact) mass is 323 g/mol. The van der Waals surface area contributed by atoms with Gasteiger partial charge in [-0.05, 0) is 42.9 Å². The molecule has 5 heteroatoms. The average Bonchev–Trinajstić information content (AvgIpc) is 3.31. The Balaban J connectivity index is 1.70. The van der Waals surface area contributed by atoms with Crippen molar-refractivity contribution in [2.24, 2.45) is 5.92 Å². The molecule has 1 aliphatic heterocycles. The lowest BCUT2D eigenvalue weighted by Gasteiger charge is -2.23. The van der Waals surface area contributed by atoms with Gasteiger partial charge in [-0.1, -0.05) is 18.5 Å². The summed E-state index contributed by atoms with van der Waals surface area (Å²) in [5.74, 6) is 2.11. The maximum absolute atomic E-state index is 12.6. The summed E-state index contributed by atoms with van der Waals surface area (Å²) in [6.45, 7) is 4.85. The van der Waals surface area contributed by atoms with Gasteiger partial charge in [-0.3, -0.25) is 4.79 Å². The zero-order valence-electron chi connectivity index (χ0n) is 12.9. The van der Waals surface area contributed by atoms with E-state index in [0.717, 1.165) is 25.1 Å². The second kappa shape index (κ2) is 6.78. The number of benzene rings is 1. The van der Waals surface area contributed by atoms with Crippen molar-refractivity contribution in [3.8, 4) is 11.5 Å². The van der Waals surface area contributed by atoms with Gasteiger partial charge in [-0.2, -0.15) is 0 Å². The molecule has 0 N–H and O–H groups in total. The average molecular weight is 324 g/mol. The van der Waals surface area contributed by atoms with Crippen LogP contribution in [-0.2, 0) is 11.2 Å². The third kappa shape index (κ3) is 3.67. The largest absolute Gasteiger partial charge is 0.486 e. The van der Waals surface area contributed by atoms with E-state index in [1.165, 1.54) is 12.8 Å². The summed E-state index contributed by atoms with van der Waals surface area (Å²) in [4.78, 5) is 14.5. The number of rotatable bonds is 6. The molecule has 1 aromatic rings. The number of halogens is 1. The summed E-state index contributed by atoms with van der Waals surface area (Å²) in [6.07, 6.45) is 3.86. The molecule has 1 aromatic carbocycles. The van der Waals surface area contributed by atoms with Crippen LogP contribution in [0, 0.1) is 5.92 Å². The van der Waals surface area contributed by atoms with Crippen molar-refractivity contribution >= 4 is 17.5 Å². The first-order valence-electron chi connectivity index (χ1n) is 8.03. The van der Waals surface area contributed by atoms with Crippen LogP contribution in [0.3, 0.4) is 0 Å². The van der Waals surface area contributed by atoms with Crippen molar-refractivity contribution in [1.29, 1.82) is 0 Å². The zero-order chi connectivity index (χ0) is 15.5. The Morgan fingerprint density at radius 2 is 2.09 bits per heavy atom. The lowest BCUT2D eigenvalue weighted by molar-refractivity contribution is -0.130. The molecule has 2 aliphatic rings. The van der Waals surface area contributed by atoms with Crippen LogP contribution in [0.1, 0.15) is 31.7 Å². The third-order valence-corrected chi connectivity index (χ3v) is 4.31. The zero-order valence-corrected chi connectivity index (χ0v) is 13.7. The molecule has 0 saturated heterocycles. The first-order chi connectivity index (χ1) is 10.7. The number of fused-ring (bicyclic) bond motifs is 1. The number of ether oxygens (including phenoxy) is 2. The Morgan fingerprint density at radius 3 is 2.82 bits per heavy atom. The van der Waals surface area contributed by atoms with E-state index in [0.29, 0.717) is 42.1 Å². The molecular formula is C17H22ClNO3. The SMILES string of the molecule is CCCN(CC1CC1)C(=O)Cc1cc(Cl)c2c(c1)OCCO2. The molecule has 120 valence electrons. The van der Waals surface area contributed by atoms with Crippen LogP contribution in [0.5, 0.6) is 11.5 Å². The number of carbonyl (C=O) groups excluding carboxylic acids is 1. The van der Waals surface area contributed by atoms with Crippen molar-refractivity contribution in [2.45, 2.75) is 32.6 Å². The topological polar surface area (TPSA) is 38.8 Å². The highest BCUT2D eigenvalue weighted by Crippen LogP contribution is 2.38. The lowest BCUT2D eigenvalue weighted by Crippen LogP contribution is -2.34. The smallest absolute Gasteiger partial charge is 0.227 e. The van der Waals surface area contributed by atoms with Gasteiger partial charge in [-0.15, -0.1) is 0 Å². The summed E-state index contributed by atoms with van der Waals surface area (Å²) in [6, 6.07) is 3.69. The standard InChI is InChI=1S/C17H22ClNO3/c1-2-5-19(11-12-3-4-12)16(20)10-13-8-14(18)17-15(9-13)21-6-7-22-17/h8-9,12H,2-7,10-11H2,1H3. The maximum atomic E-state index is 12.6. The highest BCUT2D eigenvalue weighted by molar-refractivity contribution is 6.32. The number of amides is 1. The van der Waals surface area contributed by atoms with E-state index in [-0.39, 0.29) is 5.91 Å². The second-order valence-electron chi connectivity index (χ2n) is 6.06.